The van der Waals surface area contributed by atoms with Crippen LogP contribution < -0.4 is 20.1 Å². The zero-order valence-electron chi connectivity index (χ0n) is 17.1. The number of unbranched alkanes of at least 4 members (excludes halogenated alkanes) is 1. The van der Waals surface area contributed by atoms with E-state index >= 15 is 0 Å². The summed E-state index contributed by atoms with van der Waals surface area (Å²) in [7, 11) is 1.66. The number of hydrogen-bond acceptors (Lipinski definition) is 5. The molecule has 1 aliphatic rings. The van der Waals surface area contributed by atoms with Crippen LogP contribution in [0.5, 0.6) is 11.5 Å². The predicted octanol–water partition coefficient (Wildman–Crippen LogP) is 2.36. The summed E-state index contributed by atoms with van der Waals surface area (Å²) in [4.78, 5) is 7.11. The Labute approximate surface area is 186 Å². The van der Waals surface area contributed by atoms with Gasteiger partial charge in [0.1, 0.15) is 18.1 Å². The number of nitrogens with zero attached hydrogens (tertiary/aromatic N) is 2. The van der Waals surface area contributed by atoms with E-state index in [9.17, 15) is 0 Å². The molecule has 1 fully saturated rings. The maximum Gasteiger partial charge on any atom is 0.191 e. The van der Waals surface area contributed by atoms with Crippen molar-refractivity contribution >= 4 is 29.9 Å². The van der Waals surface area contributed by atoms with E-state index in [2.05, 4.69) is 27.4 Å². The molecule has 1 aromatic carbocycles. The van der Waals surface area contributed by atoms with E-state index in [0.29, 0.717) is 13.2 Å². The van der Waals surface area contributed by atoms with E-state index in [4.69, 9.17) is 14.2 Å². The molecular weight excluding hydrogens is 471 g/mol. The van der Waals surface area contributed by atoms with Crippen molar-refractivity contribution in [1.82, 2.24) is 15.5 Å². The largest absolute Gasteiger partial charge is 0.497 e. The van der Waals surface area contributed by atoms with Gasteiger partial charge in [0.2, 0.25) is 0 Å². The molecule has 0 amide bonds. The maximum atomic E-state index is 5.73. The Kier molecular flexibility index (Phi) is 13.8. The molecule has 0 bridgehead atoms. The first-order valence-corrected chi connectivity index (χ1v) is 9.91. The first-order valence-electron chi connectivity index (χ1n) is 9.91. The summed E-state index contributed by atoms with van der Waals surface area (Å²) in [6, 6.07) is 7.61. The monoisotopic (exact) mass is 506 g/mol. The number of hydrogen-bond donors (Lipinski definition) is 2. The van der Waals surface area contributed by atoms with Crippen LogP contribution in [0.15, 0.2) is 29.3 Å². The van der Waals surface area contributed by atoms with Crippen molar-refractivity contribution in [1.29, 1.82) is 0 Å². The fourth-order valence-corrected chi connectivity index (χ4v) is 2.81. The molecule has 0 atom stereocenters. The van der Waals surface area contributed by atoms with Crippen LogP contribution in [0.1, 0.15) is 19.8 Å². The number of benzene rings is 1. The van der Waals surface area contributed by atoms with Gasteiger partial charge in [-0.2, -0.15) is 0 Å². The smallest absolute Gasteiger partial charge is 0.191 e. The molecule has 8 heteroatoms. The standard InChI is InChI=1S/C20H34N4O3.HI/c1-3-21-20(22-10-4-5-12-24-13-16-26-17-14-24)23-11-15-27-19-8-6-18(25-2)7-9-19;/h6-9H,3-5,10-17H2,1-2H3,(H2,21,22,23);1H. The normalized spacial score (nSPS) is 14.9. The van der Waals surface area contributed by atoms with Crippen LogP contribution >= 0.6 is 24.0 Å². The molecule has 7 nitrogen and oxygen atoms in total. The van der Waals surface area contributed by atoms with Crippen LogP contribution in [0.4, 0.5) is 0 Å². The predicted molar refractivity (Wildman–Crippen MR) is 124 cm³/mol. The van der Waals surface area contributed by atoms with Gasteiger partial charge < -0.3 is 24.8 Å². The topological polar surface area (TPSA) is 67.4 Å². The molecule has 160 valence electrons. The van der Waals surface area contributed by atoms with Gasteiger partial charge in [-0.05, 0) is 50.6 Å². The van der Waals surface area contributed by atoms with Gasteiger partial charge >= 0.3 is 0 Å². The lowest BCUT2D eigenvalue weighted by molar-refractivity contribution is 0.0373. The Morgan fingerprint density at radius 2 is 1.82 bits per heavy atom. The van der Waals surface area contributed by atoms with E-state index in [1.807, 2.05) is 24.3 Å². The van der Waals surface area contributed by atoms with Crippen molar-refractivity contribution in [3.05, 3.63) is 24.3 Å². The summed E-state index contributed by atoms with van der Waals surface area (Å²) in [5, 5.41) is 6.59. The average Bonchev–Trinajstić information content (AvgIpc) is 2.72. The SMILES string of the molecule is CCNC(=NCCCCN1CCOCC1)NCCOc1ccc(OC)cc1.I. The van der Waals surface area contributed by atoms with Crippen LogP contribution in [0, 0.1) is 0 Å². The first-order chi connectivity index (χ1) is 13.3. The lowest BCUT2D eigenvalue weighted by Crippen LogP contribution is -2.39. The number of guanidine groups is 1. The number of aliphatic imine (C=N–C) groups is 1. The minimum Gasteiger partial charge on any atom is -0.497 e. The fraction of sp³-hybridized carbons (Fsp3) is 0.650. The highest BCUT2D eigenvalue weighted by atomic mass is 127. The number of methoxy groups -OCH3 is 1. The highest BCUT2D eigenvalue weighted by Gasteiger charge is 2.08. The second-order valence-electron chi connectivity index (χ2n) is 6.37. The van der Waals surface area contributed by atoms with Crippen LogP contribution in [0.3, 0.4) is 0 Å². The zero-order valence-corrected chi connectivity index (χ0v) is 19.4. The van der Waals surface area contributed by atoms with E-state index in [1.54, 1.807) is 7.11 Å². The van der Waals surface area contributed by atoms with Gasteiger partial charge in [0.25, 0.3) is 0 Å². The maximum absolute atomic E-state index is 5.73. The third-order valence-corrected chi connectivity index (χ3v) is 4.32. The van der Waals surface area contributed by atoms with Crippen molar-refractivity contribution in [2.24, 2.45) is 4.99 Å². The molecular formula is C20H35IN4O3. The van der Waals surface area contributed by atoms with Crippen molar-refractivity contribution in [2.75, 3.05) is 66.2 Å². The van der Waals surface area contributed by atoms with Crippen molar-refractivity contribution in [3.8, 4) is 11.5 Å². The van der Waals surface area contributed by atoms with E-state index in [0.717, 1.165) is 69.8 Å². The molecule has 1 aromatic rings. The molecule has 1 saturated heterocycles. The van der Waals surface area contributed by atoms with E-state index in [-0.39, 0.29) is 24.0 Å². The second kappa shape index (κ2) is 15.6. The lowest BCUT2D eigenvalue weighted by Gasteiger charge is -2.26. The molecule has 2 N–H and O–H groups in total. The highest BCUT2D eigenvalue weighted by molar-refractivity contribution is 14.0. The van der Waals surface area contributed by atoms with Crippen LogP contribution in [-0.2, 0) is 4.74 Å². The Bertz CT molecular complexity index is 537. The molecule has 0 unspecified atom stereocenters. The number of morpholine rings is 1. The second-order valence-corrected chi connectivity index (χ2v) is 6.37. The molecule has 1 aliphatic heterocycles. The lowest BCUT2D eigenvalue weighted by atomic mass is 10.3. The molecule has 0 aliphatic carbocycles. The van der Waals surface area contributed by atoms with E-state index < -0.39 is 0 Å². The fourth-order valence-electron chi connectivity index (χ4n) is 2.81. The summed E-state index contributed by atoms with van der Waals surface area (Å²) in [6.07, 6.45) is 2.26. The molecule has 0 radical (unpaired) electrons. The molecule has 2 rings (SSSR count). The molecule has 0 aromatic heterocycles. The Balaban J connectivity index is 0.00000392. The van der Waals surface area contributed by atoms with Gasteiger partial charge in [0, 0.05) is 26.2 Å². The van der Waals surface area contributed by atoms with Crippen LogP contribution in [0.2, 0.25) is 0 Å². The number of rotatable bonds is 11. The summed E-state index contributed by atoms with van der Waals surface area (Å²) >= 11 is 0. The van der Waals surface area contributed by atoms with Gasteiger partial charge in [-0.25, -0.2) is 0 Å². The zero-order chi connectivity index (χ0) is 19.2. The third kappa shape index (κ3) is 10.3. The first kappa shape index (κ1) is 24.8. The Morgan fingerprint density at radius 1 is 1.11 bits per heavy atom. The minimum atomic E-state index is 0. The van der Waals surface area contributed by atoms with Crippen molar-refractivity contribution < 1.29 is 14.2 Å². The number of ether oxygens (including phenoxy) is 3. The average molecular weight is 506 g/mol. The van der Waals surface area contributed by atoms with Gasteiger partial charge in [-0.3, -0.25) is 9.89 Å². The summed E-state index contributed by atoms with van der Waals surface area (Å²) in [6.45, 7) is 10.0. The number of halogens is 1. The van der Waals surface area contributed by atoms with Gasteiger partial charge in [-0.1, -0.05) is 0 Å². The Hall–Kier alpha value is -1.26. The minimum absolute atomic E-state index is 0. The van der Waals surface area contributed by atoms with Crippen LogP contribution in [-0.4, -0.2) is 77.1 Å². The van der Waals surface area contributed by atoms with Crippen LogP contribution in [0.25, 0.3) is 0 Å². The quantitative estimate of drug-likeness (QED) is 0.208. The van der Waals surface area contributed by atoms with Gasteiger partial charge in [0.05, 0.1) is 26.9 Å². The van der Waals surface area contributed by atoms with Crippen molar-refractivity contribution in [3.63, 3.8) is 0 Å². The van der Waals surface area contributed by atoms with Crippen molar-refractivity contribution in [2.45, 2.75) is 19.8 Å². The molecule has 28 heavy (non-hydrogen) atoms. The van der Waals surface area contributed by atoms with E-state index in [1.165, 1.54) is 6.42 Å². The molecule has 0 saturated carbocycles. The highest BCUT2D eigenvalue weighted by Crippen LogP contribution is 2.16. The number of nitrogens with one attached hydrogen (secondary N) is 2. The summed E-state index contributed by atoms with van der Waals surface area (Å²) in [5.41, 5.74) is 0. The Morgan fingerprint density at radius 3 is 2.50 bits per heavy atom. The van der Waals surface area contributed by atoms with Gasteiger partial charge in [0.15, 0.2) is 5.96 Å². The summed E-state index contributed by atoms with van der Waals surface area (Å²) in [5.74, 6) is 2.51. The third-order valence-electron chi connectivity index (χ3n) is 4.32. The molecule has 1 heterocycles. The van der Waals surface area contributed by atoms with Gasteiger partial charge in [-0.15, -0.1) is 24.0 Å². The molecule has 0 spiro atoms. The summed E-state index contributed by atoms with van der Waals surface area (Å²) < 4.78 is 16.2.